The van der Waals surface area contributed by atoms with Crippen LogP contribution in [0, 0.1) is 0 Å². The fourth-order valence-corrected chi connectivity index (χ4v) is 2.40. The topological polar surface area (TPSA) is 32.8 Å². The molecule has 110 valence electrons. The molecule has 0 spiro atoms. The molecule has 0 unspecified atom stereocenters. The fourth-order valence-electron chi connectivity index (χ4n) is 2.09. The Hall–Kier alpha value is -0.810. The zero-order chi connectivity index (χ0) is 14.7. The van der Waals surface area contributed by atoms with Crippen LogP contribution in [0.4, 0.5) is 0 Å². The van der Waals surface area contributed by atoms with E-state index in [2.05, 4.69) is 4.90 Å². The number of ether oxygens (including phenoxy) is 1. The maximum atomic E-state index is 11.8. The largest absolute Gasteiger partial charge is 0.371 e. The number of likely N-dealkylation sites (N-methyl/N-ethyl adjacent to an activating group) is 1. The molecule has 2 rings (SSSR count). The first kappa shape index (κ1) is 15.6. The minimum absolute atomic E-state index is 0.0755. The first-order valence-corrected chi connectivity index (χ1v) is 7.22. The Labute approximate surface area is 129 Å². The van der Waals surface area contributed by atoms with Crippen molar-refractivity contribution in [2.24, 2.45) is 0 Å². The van der Waals surface area contributed by atoms with Gasteiger partial charge in [0.05, 0.1) is 29.3 Å². The summed E-state index contributed by atoms with van der Waals surface area (Å²) in [6.07, 6.45) is -0.0755. The normalized spacial score (nSPS) is 19.9. The highest BCUT2D eigenvalue weighted by Crippen LogP contribution is 2.28. The molecule has 0 saturated carbocycles. The number of hydrogen-bond donors (Lipinski definition) is 0. The summed E-state index contributed by atoms with van der Waals surface area (Å²) < 4.78 is 5.76. The summed E-state index contributed by atoms with van der Waals surface area (Å²) in [4.78, 5) is 15.5. The van der Waals surface area contributed by atoms with Gasteiger partial charge in [-0.25, -0.2) is 0 Å². The summed E-state index contributed by atoms with van der Waals surface area (Å²) in [6, 6.07) is 5.51. The summed E-state index contributed by atoms with van der Waals surface area (Å²) in [5.74, 6) is 0.0970. The molecular formula is C14H18Cl2N2O2. The Morgan fingerprint density at radius 3 is 2.80 bits per heavy atom. The van der Waals surface area contributed by atoms with Crippen LogP contribution >= 0.6 is 23.2 Å². The maximum absolute atomic E-state index is 11.8. The van der Waals surface area contributed by atoms with E-state index in [1.807, 2.05) is 12.1 Å². The fraction of sp³-hybridized carbons (Fsp3) is 0.500. The van der Waals surface area contributed by atoms with Crippen LogP contribution in [0.5, 0.6) is 0 Å². The molecule has 0 aromatic heterocycles. The molecule has 0 bridgehead atoms. The van der Waals surface area contributed by atoms with Gasteiger partial charge in [0.2, 0.25) is 5.91 Å². The molecule has 4 nitrogen and oxygen atoms in total. The number of hydrogen-bond acceptors (Lipinski definition) is 3. The molecule has 0 radical (unpaired) electrons. The van der Waals surface area contributed by atoms with Gasteiger partial charge in [-0.15, -0.1) is 0 Å². The second-order valence-corrected chi connectivity index (χ2v) is 5.87. The van der Waals surface area contributed by atoms with Gasteiger partial charge in [-0.1, -0.05) is 29.3 Å². The molecule has 1 amide bonds. The summed E-state index contributed by atoms with van der Waals surface area (Å²) in [5, 5.41) is 1.06. The monoisotopic (exact) mass is 316 g/mol. The number of halogens is 2. The molecule has 1 saturated heterocycles. The van der Waals surface area contributed by atoms with Gasteiger partial charge in [-0.3, -0.25) is 9.69 Å². The predicted octanol–water partition coefficient (Wildman–Crippen LogP) is 2.45. The number of nitrogens with zero attached hydrogens (tertiary/aromatic N) is 2. The quantitative estimate of drug-likeness (QED) is 0.858. The van der Waals surface area contributed by atoms with Crippen LogP contribution in [0.1, 0.15) is 11.7 Å². The van der Waals surface area contributed by atoms with Crippen molar-refractivity contribution in [3.8, 4) is 0 Å². The van der Waals surface area contributed by atoms with Crippen molar-refractivity contribution >= 4 is 29.1 Å². The van der Waals surface area contributed by atoms with E-state index in [0.717, 1.165) is 12.1 Å². The third-order valence-corrected chi connectivity index (χ3v) is 4.06. The number of benzene rings is 1. The number of carbonyl (C=O) groups excluding carboxylic acids is 1. The number of morpholine rings is 1. The Balaban J connectivity index is 2.02. The standard InChI is InChI=1S/C14H18Cl2N2O2/c1-17(2)14(19)9-18-5-6-20-13(8-18)10-3-4-11(15)12(16)7-10/h3-4,7,13H,5-6,8-9H2,1-2H3/t13-/m0/s1. The van der Waals surface area contributed by atoms with E-state index in [0.29, 0.717) is 29.7 Å². The molecule has 0 aliphatic carbocycles. The molecule has 1 aromatic carbocycles. The molecule has 1 aliphatic rings. The van der Waals surface area contributed by atoms with E-state index in [1.54, 1.807) is 25.1 Å². The van der Waals surface area contributed by atoms with E-state index in [-0.39, 0.29) is 12.0 Å². The molecule has 6 heteroatoms. The Kier molecular flexibility index (Phi) is 5.27. The van der Waals surface area contributed by atoms with E-state index in [4.69, 9.17) is 27.9 Å². The lowest BCUT2D eigenvalue weighted by molar-refractivity contribution is -0.132. The Bertz CT molecular complexity index is 494. The molecule has 0 N–H and O–H groups in total. The highest BCUT2D eigenvalue weighted by molar-refractivity contribution is 6.42. The van der Waals surface area contributed by atoms with Crippen LogP contribution in [-0.4, -0.2) is 56.0 Å². The summed E-state index contributed by atoms with van der Waals surface area (Å²) in [5.41, 5.74) is 0.987. The van der Waals surface area contributed by atoms with Crippen LogP contribution in [0.2, 0.25) is 10.0 Å². The van der Waals surface area contributed by atoms with Gasteiger partial charge in [0.25, 0.3) is 0 Å². The number of amides is 1. The molecular weight excluding hydrogens is 299 g/mol. The van der Waals surface area contributed by atoms with Crippen molar-refractivity contribution in [1.82, 2.24) is 9.80 Å². The van der Waals surface area contributed by atoms with Crippen molar-refractivity contribution in [2.45, 2.75) is 6.10 Å². The van der Waals surface area contributed by atoms with Gasteiger partial charge in [0.15, 0.2) is 0 Å². The molecule has 1 aliphatic heterocycles. The highest BCUT2D eigenvalue weighted by Gasteiger charge is 2.24. The van der Waals surface area contributed by atoms with Crippen molar-refractivity contribution in [2.75, 3.05) is 40.3 Å². The van der Waals surface area contributed by atoms with Gasteiger partial charge in [-0.05, 0) is 17.7 Å². The second-order valence-electron chi connectivity index (χ2n) is 5.06. The average Bonchev–Trinajstić information content (AvgIpc) is 2.42. The SMILES string of the molecule is CN(C)C(=O)CN1CCO[C@H](c2ccc(Cl)c(Cl)c2)C1. The molecule has 1 fully saturated rings. The van der Waals surface area contributed by atoms with Gasteiger partial charge >= 0.3 is 0 Å². The van der Waals surface area contributed by atoms with E-state index in [9.17, 15) is 4.79 Å². The van der Waals surface area contributed by atoms with E-state index in [1.165, 1.54) is 0 Å². The zero-order valence-electron chi connectivity index (χ0n) is 11.6. The van der Waals surface area contributed by atoms with Crippen LogP contribution in [0.15, 0.2) is 18.2 Å². The lowest BCUT2D eigenvalue weighted by Gasteiger charge is -2.33. The van der Waals surface area contributed by atoms with Crippen molar-refractivity contribution in [3.05, 3.63) is 33.8 Å². The van der Waals surface area contributed by atoms with Gasteiger partial charge in [0.1, 0.15) is 0 Å². The van der Waals surface area contributed by atoms with Gasteiger partial charge in [0, 0.05) is 27.2 Å². The molecule has 1 heterocycles. The minimum Gasteiger partial charge on any atom is -0.371 e. The molecule has 1 aromatic rings. The smallest absolute Gasteiger partial charge is 0.236 e. The third kappa shape index (κ3) is 3.85. The second kappa shape index (κ2) is 6.76. The van der Waals surface area contributed by atoms with E-state index >= 15 is 0 Å². The van der Waals surface area contributed by atoms with Crippen LogP contribution < -0.4 is 0 Å². The molecule has 1 atom stereocenters. The van der Waals surface area contributed by atoms with Crippen LogP contribution in [0.25, 0.3) is 0 Å². The van der Waals surface area contributed by atoms with Crippen molar-refractivity contribution < 1.29 is 9.53 Å². The first-order valence-electron chi connectivity index (χ1n) is 6.46. The summed E-state index contributed by atoms with van der Waals surface area (Å²) in [6.45, 7) is 2.45. The number of rotatable bonds is 3. The maximum Gasteiger partial charge on any atom is 0.236 e. The molecule has 20 heavy (non-hydrogen) atoms. The van der Waals surface area contributed by atoms with Crippen molar-refractivity contribution in [3.63, 3.8) is 0 Å². The Morgan fingerprint density at radius 1 is 1.40 bits per heavy atom. The minimum atomic E-state index is -0.0755. The lowest BCUT2D eigenvalue weighted by Crippen LogP contribution is -2.43. The van der Waals surface area contributed by atoms with Crippen molar-refractivity contribution in [1.29, 1.82) is 0 Å². The van der Waals surface area contributed by atoms with Crippen LogP contribution in [-0.2, 0) is 9.53 Å². The first-order chi connectivity index (χ1) is 9.47. The zero-order valence-corrected chi connectivity index (χ0v) is 13.1. The predicted molar refractivity (Wildman–Crippen MR) is 80.3 cm³/mol. The highest BCUT2D eigenvalue weighted by atomic mass is 35.5. The van der Waals surface area contributed by atoms with Gasteiger partial charge in [-0.2, -0.15) is 0 Å². The van der Waals surface area contributed by atoms with Crippen LogP contribution in [0.3, 0.4) is 0 Å². The summed E-state index contributed by atoms with van der Waals surface area (Å²) in [7, 11) is 3.53. The Morgan fingerprint density at radius 2 is 2.15 bits per heavy atom. The summed E-state index contributed by atoms with van der Waals surface area (Å²) >= 11 is 12.0. The van der Waals surface area contributed by atoms with Gasteiger partial charge < -0.3 is 9.64 Å². The average molecular weight is 317 g/mol. The third-order valence-electron chi connectivity index (χ3n) is 3.32. The van der Waals surface area contributed by atoms with E-state index < -0.39 is 0 Å². The number of carbonyl (C=O) groups is 1. The lowest BCUT2D eigenvalue weighted by atomic mass is 10.1.